The maximum absolute atomic E-state index is 12.8. The number of thioether (sulfide) groups is 1. The van der Waals surface area contributed by atoms with Crippen molar-refractivity contribution in [2.24, 2.45) is 0 Å². The Kier molecular flexibility index (Phi) is 7.63. The third-order valence-electron chi connectivity index (χ3n) is 6.80. The third kappa shape index (κ3) is 5.66. The number of anilines is 1. The van der Waals surface area contributed by atoms with Crippen LogP contribution in [0.25, 0.3) is 22.3 Å². The molecule has 2 unspecified atom stereocenters. The topological polar surface area (TPSA) is 80.2 Å². The first-order chi connectivity index (χ1) is 18.3. The van der Waals surface area contributed by atoms with Crippen molar-refractivity contribution in [2.75, 3.05) is 24.2 Å². The van der Waals surface area contributed by atoms with E-state index in [1.165, 1.54) is 0 Å². The number of hydrogen-bond donors (Lipinski definition) is 1. The first-order valence-electron chi connectivity index (χ1n) is 12.9. The molecule has 3 aromatic heterocycles. The highest BCUT2D eigenvalue weighted by Crippen LogP contribution is 2.27. The summed E-state index contributed by atoms with van der Waals surface area (Å²) < 4.78 is 5.90. The lowest BCUT2D eigenvalue weighted by atomic mass is 10.1. The number of rotatable bonds is 6. The Balaban J connectivity index is 1.37. The van der Waals surface area contributed by atoms with E-state index in [1.54, 1.807) is 18.0 Å². The average molecular weight is 528 g/mol. The third-order valence-corrected chi connectivity index (χ3v) is 7.68. The molecule has 4 aromatic rings. The zero-order chi connectivity index (χ0) is 26.8. The summed E-state index contributed by atoms with van der Waals surface area (Å²) >= 11 is 1.64. The molecule has 0 bridgehead atoms. The van der Waals surface area contributed by atoms with Crippen LogP contribution in [0.2, 0.25) is 0 Å². The molecule has 38 heavy (non-hydrogen) atoms. The minimum absolute atomic E-state index is 0.118. The van der Waals surface area contributed by atoms with Gasteiger partial charge in [0.1, 0.15) is 5.82 Å². The molecule has 1 aliphatic rings. The number of hydrogen-bond acceptors (Lipinski definition) is 7. The standard InChI is InChI=1S/C30H33N5O2S/c1-18-6-8-22(12-27(18)38-5)30(36)32-15-24-13-26-23(14-31-24)9-10-25(33-26)29-19(2)7-11-28(34-29)35-16-20(3)37-21(4)17-35/h6-14,20-21H,15-17H2,1-5H3,(H,32,36). The highest BCUT2D eigenvalue weighted by molar-refractivity contribution is 7.98. The van der Waals surface area contributed by atoms with Gasteiger partial charge in [0.25, 0.3) is 5.91 Å². The van der Waals surface area contributed by atoms with Crippen molar-refractivity contribution in [3.8, 4) is 11.4 Å². The summed E-state index contributed by atoms with van der Waals surface area (Å²) in [6.07, 6.45) is 4.14. The van der Waals surface area contributed by atoms with Crippen molar-refractivity contribution >= 4 is 34.4 Å². The average Bonchev–Trinajstić information content (AvgIpc) is 2.91. The van der Waals surface area contributed by atoms with Crippen LogP contribution in [0.15, 0.2) is 59.6 Å². The summed E-state index contributed by atoms with van der Waals surface area (Å²) in [6.45, 7) is 10.2. The predicted molar refractivity (Wildman–Crippen MR) is 154 cm³/mol. The van der Waals surface area contributed by atoms with Crippen LogP contribution in [0.1, 0.15) is 41.0 Å². The summed E-state index contributed by atoms with van der Waals surface area (Å²) in [5, 5.41) is 3.93. The summed E-state index contributed by atoms with van der Waals surface area (Å²) in [6, 6.07) is 15.9. The van der Waals surface area contributed by atoms with Crippen LogP contribution in [0, 0.1) is 13.8 Å². The number of aromatic nitrogens is 3. The van der Waals surface area contributed by atoms with Gasteiger partial charge < -0.3 is 15.0 Å². The molecule has 4 heterocycles. The van der Waals surface area contributed by atoms with Crippen molar-refractivity contribution < 1.29 is 9.53 Å². The van der Waals surface area contributed by atoms with E-state index >= 15 is 0 Å². The van der Waals surface area contributed by atoms with E-state index in [0.29, 0.717) is 12.1 Å². The number of aryl methyl sites for hydroxylation is 2. The molecule has 1 saturated heterocycles. The highest BCUT2D eigenvalue weighted by atomic mass is 32.2. The molecule has 1 fully saturated rings. The van der Waals surface area contributed by atoms with Gasteiger partial charge in [0.05, 0.1) is 41.4 Å². The summed E-state index contributed by atoms with van der Waals surface area (Å²) in [4.78, 5) is 30.6. The summed E-state index contributed by atoms with van der Waals surface area (Å²) in [7, 11) is 0. The number of fused-ring (bicyclic) bond motifs is 1. The van der Waals surface area contributed by atoms with E-state index in [4.69, 9.17) is 14.7 Å². The Hall–Kier alpha value is -3.49. The van der Waals surface area contributed by atoms with Crippen LogP contribution < -0.4 is 10.2 Å². The SMILES string of the molecule is CSc1cc(C(=O)NCc2cc3nc(-c4nc(N5CC(C)OC(C)C5)ccc4C)ccc3cn2)ccc1C. The molecule has 1 amide bonds. The van der Waals surface area contributed by atoms with Gasteiger partial charge in [-0.1, -0.05) is 12.1 Å². The fraction of sp³-hybridized carbons (Fsp3) is 0.333. The smallest absolute Gasteiger partial charge is 0.251 e. The van der Waals surface area contributed by atoms with Crippen LogP contribution in [0.5, 0.6) is 0 Å². The molecular weight excluding hydrogens is 494 g/mol. The maximum Gasteiger partial charge on any atom is 0.251 e. The number of nitrogens with zero attached hydrogens (tertiary/aromatic N) is 4. The molecule has 2 atom stereocenters. The van der Waals surface area contributed by atoms with Crippen molar-refractivity contribution in [2.45, 2.75) is 51.3 Å². The van der Waals surface area contributed by atoms with Gasteiger partial charge in [-0.2, -0.15) is 0 Å². The number of amides is 1. The largest absolute Gasteiger partial charge is 0.372 e. The zero-order valence-electron chi connectivity index (χ0n) is 22.5. The Labute approximate surface area is 228 Å². The van der Waals surface area contributed by atoms with Gasteiger partial charge in [0.15, 0.2) is 0 Å². The zero-order valence-corrected chi connectivity index (χ0v) is 23.3. The monoisotopic (exact) mass is 527 g/mol. The lowest BCUT2D eigenvalue weighted by Crippen LogP contribution is -2.45. The van der Waals surface area contributed by atoms with E-state index in [2.05, 4.69) is 48.1 Å². The van der Waals surface area contributed by atoms with Crippen LogP contribution in [-0.4, -0.2) is 52.4 Å². The van der Waals surface area contributed by atoms with E-state index in [9.17, 15) is 4.79 Å². The minimum atomic E-state index is -0.118. The number of carbonyl (C=O) groups excluding carboxylic acids is 1. The molecule has 7 nitrogen and oxygen atoms in total. The maximum atomic E-state index is 12.8. The van der Waals surface area contributed by atoms with E-state index in [1.807, 2.05) is 49.6 Å². The highest BCUT2D eigenvalue weighted by Gasteiger charge is 2.24. The fourth-order valence-corrected chi connectivity index (χ4v) is 5.47. The van der Waals surface area contributed by atoms with Gasteiger partial charge in [-0.3, -0.25) is 9.78 Å². The molecule has 8 heteroatoms. The Morgan fingerprint density at radius 2 is 1.79 bits per heavy atom. The first kappa shape index (κ1) is 26.1. The van der Waals surface area contributed by atoms with Crippen LogP contribution in [0.4, 0.5) is 5.82 Å². The van der Waals surface area contributed by atoms with Gasteiger partial charge in [-0.15, -0.1) is 11.8 Å². The fourth-order valence-electron chi connectivity index (χ4n) is 4.84. The number of pyridine rings is 3. The molecular formula is C30H33N5O2S. The first-order valence-corrected chi connectivity index (χ1v) is 14.1. The van der Waals surface area contributed by atoms with E-state index < -0.39 is 0 Å². The van der Waals surface area contributed by atoms with Crippen LogP contribution in [0.3, 0.4) is 0 Å². The number of nitrogens with one attached hydrogen (secondary N) is 1. The lowest BCUT2D eigenvalue weighted by molar-refractivity contribution is -0.00545. The molecule has 0 aliphatic carbocycles. The number of benzene rings is 1. The van der Waals surface area contributed by atoms with Gasteiger partial charge in [0.2, 0.25) is 0 Å². The van der Waals surface area contributed by atoms with Crippen molar-refractivity contribution in [3.05, 3.63) is 77.1 Å². The second-order valence-corrected chi connectivity index (χ2v) is 10.8. The quantitative estimate of drug-likeness (QED) is 0.328. The molecule has 1 N–H and O–H groups in total. The molecule has 1 aromatic carbocycles. The Morgan fingerprint density at radius 1 is 1.03 bits per heavy atom. The Morgan fingerprint density at radius 3 is 2.55 bits per heavy atom. The van der Waals surface area contributed by atoms with E-state index in [-0.39, 0.29) is 18.1 Å². The van der Waals surface area contributed by atoms with Crippen molar-refractivity contribution in [1.29, 1.82) is 0 Å². The number of morpholine rings is 1. The molecule has 0 radical (unpaired) electrons. The van der Waals surface area contributed by atoms with Gasteiger partial charge in [-0.05, 0) is 81.5 Å². The van der Waals surface area contributed by atoms with Gasteiger partial charge in [0, 0.05) is 35.1 Å². The second kappa shape index (κ2) is 11.1. The minimum Gasteiger partial charge on any atom is -0.372 e. The summed E-state index contributed by atoms with van der Waals surface area (Å²) in [5.41, 5.74) is 6.13. The molecule has 0 saturated carbocycles. The molecule has 196 valence electrons. The number of carbonyl (C=O) groups is 1. The van der Waals surface area contributed by atoms with Crippen LogP contribution >= 0.6 is 11.8 Å². The second-order valence-electron chi connectivity index (χ2n) is 9.93. The molecule has 0 spiro atoms. The van der Waals surface area contributed by atoms with Gasteiger partial charge in [-0.25, -0.2) is 9.97 Å². The van der Waals surface area contributed by atoms with Gasteiger partial charge >= 0.3 is 0 Å². The molecule has 5 rings (SSSR count). The normalized spacial score (nSPS) is 17.6. The van der Waals surface area contributed by atoms with E-state index in [0.717, 1.165) is 62.9 Å². The molecule has 1 aliphatic heterocycles. The lowest BCUT2D eigenvalue weighted by Gasteiger charge is -2.36. The summed E-state index contributed by atoms with van der Waals surface area (Å²) in [5.74, 6) is 0.820. The Bertz CT molecular complexity index is 1480. The van der Waals surface area contributed by atoms with Crippen molar-refractivity contribution in [3.63, 3.8) is 0 Å². The number of ether oxygens (including phenoxy) is 1. The van der Waals surface area contributed by atoms with Crippen LogP contribution in [-0.2, 0) is 11.3 Å². The predicted octanol–water partition coefficient (Wildman–Crippen LogP) is 5.57. The van der Waals surface area contributed by atoms with Crippen molar-refractivity contribution in [1.82, 2.24) is 20.3 Å².